The first kappa shape index (κ1) is 24.7. The Morgan fingerprint density at radius 3 is 2.27 bits per heavy atom. The third-order valence-corrected chi connectivity index (χ3v) is 6.00. The fourth-order valence-corrected chi connectivity index (χ4v) is 3.96. The van der Waals surface area contributed by atoms with Crippen molar-refractivity contribution >= 4 is 29.2 Å². The maximum atomic E-state index is 13.1. The van der Waals surface area contributed by atoms with Gasteiger partial charge in [-0.05, 0) is 19.9 Å². The number of ether oxygens (including phenoxy) is 2. The highest BCUT2D eigenvalue weighted by molar-refractivity contribution is 6.32. The smallest absolute Gasteiger partial charge is 0.435 e. The minimum absolute atomic E-state index is 0.00662. The molecule has 0 N–H and O–H groups in total. The van der Waals surface area contributed by atoms with Gasteiger partial charge in [0.05, 0.1) is 30.5 Å². The molecule has 0 aliphatic carbocycles. The Hall–Kier alpha value is -2.95. The number of hydrogen-bond acceptors (Lipinski definition) is 6. The summed E-state index contributed by atoms with van der Waals surface area (Å²) in [7, 11) is 2.73. The lowest BCUT2D eigenvalue weighted by Crippen LogP contribution is -2.50. The quantitative estimate of drug-likeness (QED) is 0.601. The molecule has 0 atom stereocenters. The van der Waals surface area contributed by atoms with Crippen LogP contribution in [0.1, 0.15) is 27.3 Å². The number of anilines is 1. The van der Waals surface area contributed by atoms with Crippen molar-refractivity contribution in [2.75, 3.05) is 45.3 Å². The van der Waals surface area contributed by atoms with E-state index < -0.39 is 17.8 Å². The number of benzene rings is 1. The second-order valence-corrected chi connectivity index (χ2v) is 7.98. The van der Waals surface area contributed by atoms with E-state index in [1.54, 1.807) is 11.0 Å². The number of carbonyl (C=O) groups excluding carboxylic acids is 2. The van der Waals surface area contributed by atoms with Gasteiger partial charge in [-0.2, -0.15) is 18.3 Å². The van der Waals surface area contributed by atoms with E-state index in [4.69, 9.17) is 21.1 Å². The number of aromatic nitrogens is 2. The van der Waals surface area contributed by atoms with Crippen LogP contribution in [0.3, 0.4) is 0 Å². The van der Waals surface area contributed by atoms with Crippen molar-refractivity contribution in [1.29, 1.82) is 0 Å². The summed E-state index contributed by atoms with van der Waals surface area (Å²) in [5.74, 6) is -0.503. The molecule has 0 spiro atoms. The molecule has 1 saturated heterocycles. The number of halogens is 4. The Balaban J connectivity index is 1.73. The van der Waals surface area contributed by atoms with Gasteiger partial charge >= 0.3 is 12.1 Å². The zero-order valence-corrected chi connectivity index (χ0v) is 19.4. The standard InChI is InChI=1S/C21H24ClF3N4O4/c1-12-13(2)29(26-19(12)21(23,24)25)11-18(30)28-7-5-27(6-8-28)16-10-17(32-3)15(22)9-14(16)20(31)33-4/h9-10H,5-8,11H2,1-4H3. The number of alkyl halides is 3. The topological polar surface area (TPSA) is 76.9 Å². The summed E-state index contributed by atoms with van der Waals surface area (Å²) in [4.78, 5) is 28.5. The molecule has 1 fully saturated rings. The van der Waals surface area contributed by atoms with E-state index in [0.29, 0.717) is 43.3 Å². The summed E-state index contributed by atoms with van der Waals surface area (Å²) in [6, 6.07) is 3.11. The summed E-state index contributed by atoms with van der Waals surface area (Å²) in [6.45, 7) is 3.97. The first-order valence-corrected chi connectivity index (χ1v) is 10.5. The van der Waals surface area contributed by atoms with Crippen LogP contribution in [0.15, 0.2) is 12.1 Å². The molecule has 1 aliphatic rings. The number of carbonyl (C=O) groups is 2. The Morgan fingerprint density at radius 1 is 1.12 bits per heavy atom. The van der Waals surface area contributed by atoms with Crippen LogP contribution < -0.4 is 9.64 Å². The van der Waals surface area contributed by atoms with Crippen molar-refractivity contribution in [3.05, 3.63) is 39.7 Å². The van der Waals surface area contributed by atoms with E-state index in [9.17, 15) is 22.8 Å². The monoisotopic (exact) mass is 488 g/mol. The largest absolute Gasteiger partial charge is 0.495 e. The van der Waals surface area contributed by atoms with E-state index in [-0.39, 0.29) is 28.6 Å². The third-order valence-electron chi connectivity index (χ3n) is 5.71. The molecule has 180 valence electrons. The molecule has 8 nitrogen and oxygen atoms in total. The Labute approximate surface area is 193 Å². The van der Waals surface area contributed by atoms with Crippen molar-refractivity contribution in [2.24, 2.45) is 0 Å². The highest BCUT2D eigenvalue weighted by Crippen LogP contribution is 2.34. The highest BCUT2D eigenvalue weighted by Gasteiger charge is 2.37. The van der Waals surface area contributed by atoms with Gasteiger partial charge in [-0.25, -0.2) is 4.79 Å². The van der Waals surface area contributed by atoms with E-state index in [2.05, 4.69) is 5.10 Å². The molecule has 0 unspecified atom stereocenters. The van der Waals surface area contributed by atoms with E-state index >= 15 is 0 Å². The molecule has 0 saturated carbocycles. The lowest BCUT2D eigenvalue weighted by Gasteiger charge is -2.37. The van der Waals surface area contributed by atoms with Crippen molar-refractivity contribution in [3.63, 3.8) is 0 Å². The maximum Gasteiger partial charge on any atom is 0.435 e. The van der Waals surface area contributed by atoms with Gasteiger partial charge in [0, 0.05) is 43.5 Å². The number of amides is 1. The van der Waals surface area contributed by atoms with Crippen LogP contribution in [0.2, 0.25) is 5.02 Å². The van der Waals surface area contributed by atoms with Gasteiger partial charge in [-0.1, -0.05) is 11.6 Å². The van der Waals surface area contributed by atoms with Gasteiger partial charge in [0.1, 0.15) is 12.3 Å². The van der Waals surface area contributed by atoms with E-state index in [1.807, 2.05) is 4.90 Å². The fraction of sp³-hybridized carbons (Fsp3) is 0.476. The molecule has 3 rings (SSSR count). The van der Waals surface area contributed by atoms with Crippen molar-refractivity contribution in [1.82, 2.24) is 14.7 Å². The lowest BCUT2D eigenvalue weighted by atomic mass is 10.1. The molecular formula is C21H24ClF3N4O4. The van der Waals surface area contributed by atoms with Gasteiger partial charge < -0.3 is 19.3 Å². The Morgan fingerprint density at radius 2 is 1.76 bits per heavy atom. The van der Waals surface area contributed by atoms with Crippen LogP contribution >= 0.6 is 11.6 Å². The average molecular weight is 489 g/mol. The van der Waals surface area contributed by atoms with Gasteiger partial charge in [-0.15, -0.1) is 0 Å². The predicted octanol–water partition coefficient (Wildman–Crippen LogP) is 3.32. The fourth-order valence-electron chi connectivity index (χ4n) is 3.72. The summed E-state index contributed by atoms with van der Waals surface area (Å²) in [5, 5.41) is 3.86. The summed E-state index contributed by atoms with van der Waals surface area (Å²) in [5.41, 5.74) is 0.149. The summed E-state index contributed by atoms with van der Waals surface area (Å²) < 4.78 is 50.5. The zero-order valence-electron chi connectivity index (χ0n) is 18.6. The van der Waals surface area contributed by atoms with E-state index in [0.717, 1.165) is 4.68 Å². The van der Waals surface area contributed by atoms with Crippen LogP contribution in [0, 0.1) is 13.8 Å². The first-order valence-electron chi connectivity index (χ1n) is 10.1. The van der Waals surface area contributed by atoms with Crippen molar-refractivity contribution < 1.29 is 32.2 Å². The average Bonchev–Trinajstić information content (AvgIpc) is 3.07. The predicted molar refractivity (Wildman–Crippen MR) is 115 cm³/mol. The molecular weight excluding hydrogens is 465 g/mol. The zero-order chi connectivity index (χ0) is 24.5. The molecule has 1 aromatic carbocycles. The van der Waals surface area contributed by atoms with Crippen molar-refractivity contribution in [3.8, 4) is 5.75 Å². The molecule has 33 heavy (non-hydrogen) atoms. The van der Waals surface area contributed by atoms with Crippen LogP contribution in [-0.2, 0) is 22.3 Å². The minimum Gasteiger partial charge on any atom is -0.495 e. The van der Waals surface area contributed by atoms with Gasteiger partial charge in [0.25, 0.3) is 0 Å². The third kappa shape index (κ3) is 5.02. The van der Waals surface area contributed by atoms with Crippen molar-refractivity contribution in [2.45, 2.75) is 26.6 Å². The first-order chi connectivity index (χ1) is 15.5. The lowest BCUT2D eigenvalue weighted by molar-refractivity contribution is -0.142. The molecule has 1 amide bonds. The Kier molecular flexibility index (Phi) is 7.11. The highest BCUT2D eigenvalue weighted by atomic mass is 35.5. The number of methoxy groups -OCH3 is 2. The minimum atomic E-state index is -4.58. The van der Waals surface area contributed by atoms with Crippen LogP contribution in [-0.4, -0.2) is 67.0 Å². The van der Waals surface area contributed by atoms with Crippen LogP contribution in [0.4, 0.5) is 18.9 Å². The number of rotatable bonds is 5. The Bertz CT molecular complexity index is 1060. The second-order valence-electron chi connectivity index (χ2n) is 7.58. The number of esters is 1. The molecule has 0 bridgehead atoms. The van der Waals surface area contributed by atoms with E-state index in [1.165, 1.54) is 34.1 Å². The maximum absolute atomic E-state index is 13.1. The molecule has 12 heteroatoms. The number of hydrogen-bond donors (Lipinski definition) is 0. The normalized spacial score (nSPS) is 14.4. The van der Waals surface area contributed by atoms with Crippen LogP contribution in [0.5, 0.6) is 5.75 Å². The summed E-state index contributed by atoms with van der Waals surface area (Å²) >= 11 is 6.15. The molecule has 0 radical (unpaired) electrons. The summed E-state index contributed by atoms with van der Waals surface area (Å²) in [6.07, 6.45) is -4.58. The van der Waals surface area contributed by atoms with Gasteiger partial charge in [0.2, 0.25) is 5.91 Å². The second kappa shape index (κ2) is 9.50. The number of piperazine rings is 1. The van der Waals surface area contributed by atoms with Gasteiger partial charge in [-0.3, -0.25) is 9.48 Å². The molecule has 2 aromatic rings. The molecule has 2 heterocycles. The van der Waals surface area contributed by atoms with Gasteiger partial charge in [0.15, 0.2) is 5.69 Å². The SMILES string of the molecule is COC(=O)c1cc(Cl)c(OC)cc1N1CCN(C(=O)Cn2nc(C(F)(F)F)c(C)c2C)CC1. The molecule has 1 aliphatic heterocycles. The number of nitrogens with zero attached hydrogens (tertiary/aromatic N) is 4. The molecule has 1 aromatic heterocycles. The van der Waals surface area contributed by atoms with Crippen LogP contribution in [0.25, 0.3) is 0 Å².